The summed E-state index contributed by atoms with van der Waals surface area (Å²) in [5, 5.41) is 2.85. The van der Waals surface area contributed by atoms with Gasteiger partial charge in [-0.25, -0.2) is 13.1 Å². The fourth-order valence-corrected chi connectivity index (χ4v) is 3.16. The van der Waals surface area contributed by atoms with Gasteiger partial charge < -0.3 is 10.1 Å². The maximum Gasteiger partial charge on any atom is 0.324 e. The van der Waals surface area contributed by atoms with Crippen LogP contribution >= 0.6 is 0 Å². The molecule has 0 fully saturated rings. The zero-order valence-corrected chi connectivity index (χ0v) is 14.8. The van der Waals surface area contributed by atoms with Gasteiger partial charge >= 0.3 is 5.97 Å². The number of nitrogens with one attached hydrogen (secondary N) is 2. The van der Waals surface area contributed by atoms with E-state index in [-0.39, 0.29) is 18.9 Å². The van der Waals surface area contributed by atoms with E-state index >= 15 is 0 Å². The second kappa shape index (κ2) is 8.77. The fourth-order valence-electron chi connectivity index (χ4n) is 2.45. The quantitative estimate of drug-likeness (QED) is 0.615. The van der Waals surface area contributed by atoms with E-state index in [0.29, 0.717) is 12.8 Å². The first-order valence-corrected chi connectivity index (χ1v) is 9.87. The Hall–Kier alpha value is -2.19. The zero-order valence-electron chi connectivity index (χ0n) is 14.0. The third-order valence-electron chi connectivity index (χ3n) is 3.65. The van der Waals surface area contributed by atoms with Crippen LogP contribution in [0.5, 0.6) is 0 Å². The Morgan fingerprint density at radius 2 is 1.88 bits per heavy atom. The molecule has 136 valence electrons. The molecule has 2 N–H and O–H groups in total. The number of ether oxygens (including phenoxy) is 1. The SMILES string of the molecule is CS(=O)(=O)N[C@@H]1C/C=C/CCC(=O)N[C@H](c2ccccc2)COC1=O. The number of sulfonamides is 1. The second-order valence-corrected chi connectivity index (χ2v) is 7.63. The summed E-state index contributed by atoms with van der Waals surface area (Å²) < 4.78 is 30.5. The van der Waals surface area contributed by atoms with Gasteiger partial charge in [0.2, 0.25) is 15.9 Å². The smallest absolute Gasteiger partial charge is 0.324 e. The van der Waals surface area contributed by atoms with E-state index in [0.717, 1.165) is 11.8 Å². The predicted octanol–water partition coefficient (Wildman–Crippen LogP) is 1.04. The molecule has 0 bridgehead atoms. The fraction of sp³-hybridized carbons (Fsp3) is 0.412. The van der Waals surface area contributed by atoms with E-state index in [1.807, 2.05) is 30.3 Å². The topological polar surface area (TPSA) is 102 Å². The largest absolute Gasteiger partial charge is 0.462 e. The average Bonchev–Trinajstić information content (AvgIpc) is 2.55. The highest BCUT2D eigenvalue weighted by molar-refractivity contribution is 7.88. The van der Waals surface area contributed by atoms with Crippen molar-refractivity contribution < 1.29 is 22.7 Å². The molecule has 0 saturated heterocycles. The number of hydrogen-bond donors (Lipinski definition) is 2. The van der Waals surface area contributed by atoms with Gasteiger partial charge in [0, 0.05) is 6.42 Å². The predicted molar refractivity (Wildman–Crippen MR) is 93.0 cm³/mol. The maximum absolute atomic E-state index is 12.3. The van der Waals surface area contributed by atoms with Crippen molar-refractivity contribution in [2.75, 3.05) is 12.9 Å². The van der Waals surface area contributed by atoms with Gasteiger partial charge in [0.05, 0.1) is 12.3 Å². The molecule has 0 unspecified atom stereocenters. The molecule has 1 aromatic carbocycles. The van der Waals surface area contributed by atoms with Crippen molar-refractivity contribution in [1.29, 1.82) is 0 Å². The lowest BCUT2D eigenvalue weighted by atomic mass is 10.1. The first-order chi connectivity index (χ1) is 11.8. The lowest BCUT2D eigenvalue weighted by Gasteiger charge is -2.22. The molecule has 0 aromatic heterocycles. The summed E-state index contributed by atoms with van der Waals surface area (Å²) in [5.74, 6) is -0.813. The zero-order chi connectivity index (χ0) is 18.3. The highest BCUT2D eigenvalue weighted by atomic mass is 32.2. The minimum atomic E-state index is -3.55. The van der Waals surface area contributed by atoms with Gasteiger partial charge in [-0.1, -0.05) is 42.5 Å². The van der Waals surface area contributed by atoms with E-state index in [4.69, 9.17) is 4.74 Å². The monoisotopic (exact) mass is 366 g/mol. The molecule has 0 aliphatic carbocycles. The molecule has 0 saturated carbocycles. The summed E-state index contributed by atoms with van der Waals surface area (Å²) in [6.07, 6.45) is 5.40. The maximum atomic E-state index is 12.3. The first kappa shape index (κ1) is 19.1. The molecule has 2 atom stereocenters. The number of allylic oxidation sites excluding steroid dienone is 1. The van der Waals surface area contributed by atoms with Crippen molar-refractivity contribution in [2.45, 2.75) is 31.3 Å². The minimum Gasteiger partial charge on any atom is -0.462 e. The van der Waals surface area contributed by atoms with E-state index in [1.165, 1.54) is 0 Å². The van der Waals surface area contributed by atoms with Crippen LogP contribution in [0.1, 0.15) is 30.9 Å². The molecule has 1 aliphatic rings. The molecular formula is C17H22N2O5S. The number of amides is 1. The molecule has 0 radical (unpaired) electrons. The van der Waals surface area contributed by atoms with Crippen molar-refractivity contribution in [3.63, 3.8) is 0 Å². The Kier molecular flexibility index (Phi) is 6.72. The van der Waals surface area contributed by atoms with Crippen molar-refractivity contribution in [2.24, 2.45) is 0 Å². The van der Waals surface area contributed by atoms with Crippen LogP contribution in [-0.4, -0.2) is 39.2 Å². The third-order valence-corrected chi connectivity index (χ3v) is 4.36. The Balaban J connectivity index is 2.18. The van der Waals surface area contributed by atoms with Gasteiger partial charge in [-0.3, -0.25) is 9.59 Å². The van der Waals surface area contributed by atoms with E-state index in [9.17, 15) is 18.0 Å². The van der Waals surface area contributed by atoms with E-state index in [1.54, 1.807) is 12.2 Å². The molecule has 2 rings (SSSR count). The number of benzene rings is 1. The van der Waals surface area contributed by atoms with Crippen LogP contribution in [0.25, 0.3) is 0 Å². The summed E-state index contributed by atoms with van der Waals surface area (Å²) in [4.78, 5) is 24.3. The summed E-state index contributed by atoms with van der Waals surface area (Å²) >= 11 is 0. The number of carbonyl (C=O) groups excluding carboxylic acids is 2. The molecule has 1 aromatic rings. The summed E-state index contributed by atoms with van der Waals surface area (Å²) in [5.41, 5.74) is 0.809. The van der Waals surface area contributed by atoms with E-state index in [2.05, 4.69) is 10.0 Å². The lowest BCUT2D eigenvalue weighted by molar-refractivity contribution is -0.147. The molecule has 7 nitrogen and oxygen atoms in total. The highest BCUT2D eigenvalue weighted by Gasteiger charge is 2.25. The van der Waals surface area contributed by atoms with Crippen LogP contribution in [0, 0.1) is 0 Å². The second-order valence-electron chi connectivity index (χ2n) is 5.85. The molecule has 25 heavy (non-hydrogen) atoms. The normalized spacial score (nSPS) is 24.4. The summed E-state index contributed by atoms with van der Waals surface area (Å²) in [6, 6.07) is 7.70. The van der Waals surface area contributed by atoms with Crippen LogP contribution < -0.4 is 10.0 Å². The van der Waals surface area contributed by atoms with Gasteiger partial charge in [0.1, 0.15) is 12.6 Å². The average molecular weight is 366 g/mol. The third kappa shape index (κ3) is 6.67. The molecule has 0 spiro atoms. The van der Waals surface area contributed by atoms with Crippen molar-refractivity contribution >= 4 is 21.9 Å². The molecule has 1 amide bonds. The number of esters is 1. The first-order valence-electron chi connectivity index (χ1n) is 7.98. The Bertz CT molecular complexity index is 731. The number of rotatable bonds is 3. The molecule has 8 heteroatoms. The van der Waals surface area contributed by atoms with Crippen LogP contribution in [0.2, 0.25) is 0 Å². The lowest BCUT2D eigenvalue weighted by Crippen LogP contribution is -2.42. The summed E-state index contributed by atoms with van der Waals surface area (Å²) in [7, 11) is -3.55. The molecule has 1 aliphatic heterocycles. The van der Waals surface area contributed by atoms with Crippen LogP contribution in [0.15, 0.2) is 42.5 Å². The highest BCUT2D eigenvalue weighted by Crippen LogP contribution is 2.15. The van der Waals surface area contributed by atoms with Crippen LogP contribution in [0.4, 0.5) is 0 Å². The van der Waals surface area contributed by atoms with Gasteiger partial charge in [-0.2, -0.15) is 0 Å². The van der Waals surface area contributed by atoms with Crippen LogP contribution in [-0.2, 0) is 24.3 Å². The molecular weight excluding hydrogens is 344 g/mol. The Morgan fingerprint density at radius 1 is 1.16 bits per heavy atom. The minimum absolute atomic E-state index is 0.0692. The van der Waals surface area contributed by atoms with E-state index < -0.39 is 28.1 Å². The number of cyclic esters (lactones) is 1. The van der Waals surface area contributed by atoms with Crippen molar-refractivity contribution in [3.05, 3.63) is 48.0 Å². The standard InChI is InChI=1S/C17H22N2O5S/c1-25(22,23)19-14-10-6-3-7-11-16(20)18-15(12-24-17(14)21)13-8-4-2-5-9-13/h2-6,8-9,14-15,19H,7,10-12H2,1H3,(H,18,20)/b6-3+/t14-,15+/m1/s1. The number of carbonyl (C=O) groups is 2. The Morgan fingerprint density at radius 3 is 2.56 bits per heavy atom. The number of hydrogen-bond acceptors (Lipinski definition) is 5. The summed E-state index contributed by atoms with van der Waals surface area (Å²) in [6.45, 7) is -0.0692. The molecule has 1 heterocycles. The van der Waals surface area contributed by atoms with Gasteiger partial charge in [-0.05, 0) is 18.4 Å². The van der Waals surface area contributed by atoms with Gasteiger partial charge in [0.25, 0.3) is 0 Å². The van der Waals surface area contributed by atoms with Gasteiger partial charge in [0.15, 0.2) is 0 Å². The Labute approximate surface area is 147 Å². The van der Waals surface area contributed by atoms with Crippen LogP contribution in [0.3, 0.4) is 0 Å². The van der Waals surface area contributed by atoms with Gasteiger partial charge in [-0.15, -0.1) is 0 Å². The van der Waals surface area contributed by atoms with Crippen molar-refractivity contribution in [3.8, 4) is 0 Å². The van der Waals surface area contributed by atoms with Crippen molar-refractivity contribution in [1.82, 2.24) is 10.0 Å².